The Hall–Kier alpha value is -2.09. The van der Waals surface area contributed by atoms with Gasteiger partial charge in [-0.15, -0.1) is 0 Å². The van der Waals surface area contributed by atoms with Crippen molar-refractivity contribution in [3.63, 3.8) is 0 Å². The van der Waals surface area contributed by atoms with Gasteiger partial charge in [0.05, 0.1) is 11.9 Å². The number of alkyl carbamates (subject to hydrolysis) is 1. The van der Waals surface area contributed by atoms with Gasteiger partial charge >= 0.3 is 6.09 Å². The molecule has 0 aliphatic carbocycles. The Bertz CT molecular complexity index is 687. The number of imidazole rings is 1. The predicted octanol–water partition coefficient (Wildman–Crippen LogP) is 3.35. The average molecular weight is 408 g/mol. The quantitative estimate of drug-likeness (QED) is 0.690. The van der Waals surface area contributed by atoms with E-state index in [4.69, 9.17) is 4.74 Å². The molecule has 1 aromatic heterocycles. The summed E-state index contributed by atoms with van der Waals surface area (Å²) in [6.07, 6.45) is 6.79. The second kappa shape index (κ2) is 9.61. The maximum atomic E-state index is 12.7. The van der Waals surface area contributed by atoms with E-state index in [1.54, 1.807) is 27.1 Å². The molecule has 0 saturated carbocycles. The molecule has 0 aromatic carbocycles. The van der Waals surface area contributed by atoms with Gasteiger partial charge in [-0.2, -0.15) is 0 Å². The summed E-state index contributed by atoms with van der Waals surface area (Å²) in [5.41, 5.74) is -0.741. The first-order valence-electron chi connectivity index (χ1n) is 10.6. The number of aromatic nitrogens is 2. The number of amides is 2. The lowest BCUT2D eigenvalue weighted by Crippen LogP contribution is -2.45. The number of carbonyl (C=O) groups excluding carboxylic acids is 2. The van der Waals surface area contributed by atoms with E-state index in [0.717, 1.165) is 26.1 Å². The van der Waals surface area contributed by atoms with Gasteiger partial charge in [0.25, 0.3) is 0 Å². The van der Waals surface area contributed by atoms with Crippen LogP contribution in [0, 0.1) is 0 Å². The Morgan fingerprint density at radius 1 is 1.21 bits per heavy atom. The van der Waals surface area contributed by atoms with Gasteiger partial charge in [-0.3, -0.25) is 4.79 Å². The highest BCUT2D eigenvalue weighted by atomic mass is 16.6. The molecule has 1 aliphatic heterocycles. The van der Waals surface area contributed by atoms with Crippen molar-refractivity contribution in [2.24, 2.45) is 0 Å². The van der Waals surface area contributed by atoms with E-state index >= 15 is 0 Å². The van der Waals surface area contributed by atoms with Gasteiger partial charge in [0, 0.05) is 12.7 Å². The van der Waals surface area contributed by atoms with Crippen LogP contribution in [-0.2, 0) is 15.1 Å². The largest absolute Gasteiger partial charge is 0.444 e. The molecule has 8 nitrogen and oxygen atoms in total. The minimum atomic E-state index is -0.669. The van der Waals surface area contributed by atoms with Crippen LogP contribution in [0.15, 0.2) is 12.5 Å². The third-order valence-corrected chi connectivity index (χ3v) is 4.93. The Balaban J connectivity index is 1.98. The molecule has 1 fully saturated rings. The molecule has 2 amide bonds. The van der Waals surface area contributed by atoms with Crippen molar-refractivity contribution in [1.29, 1.82) is 0 Å². The third kappa shape index (κ3) is 7.34. The van der Waals surface area contributed by atoms with Crippen molar-refractivity contribution in [2.45, 2.75) is 84.4 Å². The maximum Gasteiger partial charge on any atom is 0.408 e. The second-order valence-electron chi connectivity index (χ2n) is 9.44. The summed E-state index contributed by atoms with van der Waals surface area (Å²) in [7, 11) is 0. The van der Waals surface area contributed by atoms with Crippen LogP contribution >= 0.6 is 0 Å². The van der Waals surface area contributed by atoms with Crippen LogP contribution in [-0.4, -0.2) is 57.7 Å². The number of anilines is 1. The number of rotatable bonds is 8. The van der Waals surface area contributed by atoms with E-state index in [1.165, 1.54) is 12.8 Å². The van der Waals surface area contributed by atoms with E-state index < -0.39 is 17.7 Å². The molecule has 0 spiro atoms. The Morgan fingerprint density at radius 2 is 1.86 bits per heavy atom. The normalized spacial score (nSPS) is 16.5. The van der Waals surface area contributed by atoms with Crippen molar-refractivity contribution in [3.05, 3.63) is 12.5 Å². The Labute approximate surface area is 174 Å². The molecule has 1 aliphatic rings. The summed E-state index contributed by atoms with van der Waals surface area (Å²) in [5, 5.41) is 5.49. The maximum absolute atomic E-state index is 12.7. The second-order valence-corrected chi connectivity index (χ2v) is 9.44. The number of nitrogens with one attached hydrogen (secondary N) is 2. The predicted molar refractivity (Wildman–Crippen MR) is 114 cm³/mol. The number of hydrogen-bond donors (Lipinski definition) is 2. The zero-order chi connectivity index (χ0) is 21.7. The molecule has 0 radical (unpaired) electrons. The zero-order valence-corrected chi connectivity index (χ0v) is 18.7. The van der Waals surface area contributed by atoms with E-state index in [-0.39, 0.29) is 11.4 Å². The number of hydrogen-bond acceptors (Lipinski definition) is 5. The minimum Gasteiger partial charge on any atom is -0.444 e. The zero-order valence-electron chi connectivity index (χ0n) is 18.7. The van der Waals surface area contributed by atoms with E-state index in [9.17, 15) is 9.59 Å². The van der Waals surface area contributed by atoms with Crippen LogP contribution in [0.1, 0.15) is 67.2 Å². The molecule has 1 atom stereocenters. The summed E-state index contributed by atoms with van der Waals surface area (Å²) in [5.74, 6) is 0.192. The van der Waals surface area contributed by atoms with E-state index in [1.807, 2.05) is 17.7 Å². The first-order valence-corrected chi connectivity index (χ1v) is 10.6. The van der Waals surface area contributed by atoms with E-state index in [0.29, 0.717) is 12.2 Å². The SMILES string of the molecule is CCCC(NC(=O)OC(C)(C)C)C(=O)Nc1cn(C(C)(C)CN2CCCC2)cn1. The Kier molecular flexibility index (Phi) is 7.68. The van der Waals surface area contributed by atoms with Gasteiger partial charge in [-0.1, -0.05) is 13.3 Å². The minimum absolute atomic E-state index is 0.127. The van der Waals surface area contributed by atoms with Crippen LogP contribution in [0.4, 0.5) is 10.6 Å². The highest BCUT2D eigenvalue weighted by molar-refractivity contribution is 5.95. The fourth-order valence-electron chi connectivity index (χ4n) is 3.51. The summed E-state index contributed by atoms with van der Waals surface area (Å²) in [4.78, 5) is 31.6. The first-order chi connectivity index (χ1) is 13.5. The molecule has 164 valence electrons. The van der Waals surface area contributed by atoms with Crippen LogP contribution in [0.25, 0.3) is 0 Å². The highest BCUT2D eigenvalue weighted by Gasteiger charge is 2.27. The monoisotopic (exact) mass is 407 g/mol. The lowest BCUT2D eigenvalue weighted by atomic mass is 10.1. The lowest BCUT2D eigenvalue weighted by Gasteiger charge is -2.31. The average Bonchev–Trinajstić information content (AvgIpc) is 3.24. The van der Waals surface area contributed by atoms with Crippen LogP contribution < -0.4 is 10.6 Å². The Morgan fingerprint density at radius 3 is 2.45 bits per heavy atom. The smallest absolute Gasteiger partial charge is 0.408 e. The molecule has 0 bridgehead atoms. The van der Waals surface area contributed by atoms with Crippen LogP contribution in [0.5, 0.6) is 0 Å². The topological polar surface area (TPSA) is 88.5 Å². The lowest BCUT2D eigenvalue weighted by molar-refractivity contribution is -0.118. The number of nitrogens with zero attached hydrogens (tertiary/aromatic N) is 3. The van der Waals surface area contributed by atoms with Crippen LogP contribution in [0.2, 0.25) is 0 Å². The molecule has 2 heterocycles. The molecule has 2 rings (SSSR count). The first kappa shape index (κ1) is 23.2. The molecular weight excluding hydrogens is 370 g/mol. The highest BCUT2D eigenvalue weighted by Crippen LogP contribution is 2.21. The summed E-state index contributed by atoms with van der Waals surface area (Å²) >= 11 is 0. The fourth-order valence-corrected chi connectivity index (χ4v) is 3.51. The number of ether oxygens (including phenoxy) is 1. The summed E-state index contributed by atoms with van der Waals surface area (Å²) in [6.45, 7) is 14.9. The van der Waals surface area contributed by atoms with Crippen molar-refractivity contribution >= 4 is 17.8 Å². The van der Waals surface area contributed by atoms with Gasteiger partial charge < -0.3 is 24.8 Å². The molecule has 1 aromatic rings. The van der Waals surface area contributed by atoms with Gasteiger partial charge in [-0.25, -0.2) is 9.78 Å². The van der Waals surface area contributed by atoms with Crippen molar-refractivity contribution in [1.82, 2.24) is 19.8 Å². The van der Waals surface area contributed by atoms with Crippen molar-refractivity contribution < 1.29 is 14.3 Å². The van der Waals surface area contributed by atoms with Gasteiger partial charge in [-0.05, 0) is 67.0 Å². The van der Waals surface area contributed by atoms with Crippen molar-refractivity contribution in [2.75, 3.05) is 25.0 Å². The molecule has 2 N–H and O–H groups in total. The fraction of sp³-hybridized carbons (Fsp3) is 0.762. The van der Waals surface area contributed by atoms with E-state index in [2.05, 4.69) is 34.4 Å². The van der Waals surface area contributed by atoms with Crippen molar-refractivity contribution in [3.8, 4) is 0 Å². The molecule has 1 unspecified atom stereocenters. The van der Waals surface area contributed by atoms with Gasteiger partial charge in [0.2, 0.25) is 5.91 Å². The van der Waals surface area contributed by atoms with Gasteiger partial charge in [0.15, 0.2) is 5.82 Å². The summed E-state index contributed by atoms with van der Waals surface area (Å²) in [6, 6.07) is -0.669. The number of likely N-dealkylation sites (tertiary alicyclic amines) is 1. The van der Waals surface area contributed by atoms with Gasteiger partial charge in [0.1, 0.15) is 11.6 Å². The standard InChI is InChI=1S/C21H37N5O3/c1-7-10-16(23-19(28)29-20(2,3)4)18(27)24-17-13-26(15-22-17)21(5,6)14-25-11-8-9-12-25/h13,15-16H,7-12,14H2,1-6H3,(H,23,28)(H,24,27). The molecule has 1 saturated heterocycles. The molecule has 8 heteroatoms. The molecule has 29 heavy (non-hydrogen) atoms. The number of carbonyl (C=O) groups is 2. The third-order valence-electron chi connectivity index (χ3n) is 4.93. The van der Waals surface area contributed by atoms with Crippen LogP contribution in [0.3, 0.4) is 0 Å². The molecular formula is C21H37N5O3. The summed E-state index contributed by atoms with van der Waals surface area (Å²) < 4.78 is 7.31.